The standard InChI is InChI=1S/C18H23F3N4.HI/c1-2-23-17(24-12-14-5-3-13(11-22)4-6-14)25-16-9-7-15(8-10-16)18(19,20)21;/h3-6,15-16H,2,7-10,12H2,1H3,(H2,23,24,25);1H. The third kappa shape index (κ3) is 7.02. The molecule has 0 unspecified atom stereocenters. The van der Waals surface area contributed by atoms with Crippen molar-refractivity contribution in [2.24, 2.45) is 10.9 Å². The molecule has 1 fully saturated rings. The van der Waals surface area contributed by atoms with Crippen LogP contribution in [0.4, 0.5) is 13.2 Å². The second-order valence-corrected chi connectivity index (χ2v) is 6.24. The number of hydrogen-bond acceptors (Lipinski definition) is 2. The van der Waals surface area contributed by atoms with Crippen LogP contribution in [0.3, 0.4) is 0 Å². The first-order chi connectivity index (χ1) is 11.9. The fourth-order valence-electron chi connectivity index (χ4n) is 2.93. The Morgan fingerprint density at radius 1 is 1.19 bits per heavy atom. The van der Waals surface area contributed by atoms with Crippen LogP contribution in [-0.4, -0.2) is 24.7 Å². The van der Waals surface area contributed by atoms with E-state index in [1.54, 1.807) is 12.1 Å². The fourth-order valence-corrected chi connectivity index (χ4v) is 2.93. The zero-order valence-electron chi connectivity index (χ0n) is 14.6. The second kappa shape index (κ2) is 10.6. The van der Waals surface area contributed by atoms with Crippen LogP contribution in [0.2, 0.25) is 0 Å². The number of hydrogen-bond donors (Lipinski definition) is 2. The van der Waals surface area contributed by atoms with Crippen LogP contribution in [0.15, 0.2) is 29.3 Å². The number of aliphatic imine (C=N–C) groups is 1. The minimum atomic E-state index is -4.08. The maximum Gasteiger partial charge on any atom is 0.391 e. The molecule has 1 aromatic rings. The van der Waals surface area contributed by atoms with Gasteiger partial charge in [-0.05, 0) is 50.3 Å². The van der Waals surface area contributed by atoms with Gasteiger partial charge in [-0.2, -0.15) is 18.4 Å². The lowest BCUT2D eigenvalue weighted by molar-refractivity contribution is -0.182. The Balaban J connectivity index is 0.00000338. The van der Waals surface area contributed by atoms with Crippen LogP contribution in [0.25, 0.3) is 0 Å². The van der Waals surface area contributed by atoms with E-state index in [1.165, 1.54) is 0 Å². The number of nitriles is 1. The smallest absolute Gasteiger partial charge is 0.357 e. The lowest BCUT2D eigenvalue weighted by atomic mass is 9.85. The van der Waals surface area contributed by atoms with Gasteiger partial charge in [0.2, 0.25) is 0 Å². The van der Waals surface area contributed by atoms with E-state index < -0.39 is 12.1 Å². The molecule has 0 amide bonds. The monoisotopic (exact) mass is 480 g/mol. The van der Waals surface area contributed by atoms with E-state index in [-0.39, 0.29) is 42.9 Å². The molecule has 0 atom stereocenters. The number of halogens is 4. The molecule has 0 aromatic heterocycles. The van der Waals surface area contributed by atoms with E-state index in [0.717, 1.165) is 5.56 Å². The molecule has 8 heteroatoms. The lowest BCUT2D eigenvalue weighted by Gasteiger charge is -2.31. The van der Waals surface area contributed by atoms with Gasteiger partial charge >= 0.3 is 6.18 Å². The average molecular weight is 480 g/mol. The van der Waals surface area contributed by atoms with Crippen molar-refractivity contribution in [2.75, 3.05) is 6.54 Å². The van der Waals surface area contributed by atoms with E-state index in [0.29, 0.717) is 37.5 Å². The fraction of sp³-hybridized carbons (Fsp3) is 0.556. The molecule has 4 nitrogen and oxygen atoms in total. The van der Waals surface area contributed by atoms with Crippen molar-refractivity contribution in [3.8, 4) is 6.07 Å². The van der Waals surface area contributed by atoms with Gasteiger partial charge < -0.3 is 10.6 Å². The molecule has 1 aromatic carbocycles. The molecule has 26 heavy (non-hydrogen) atoms. The van der Waals surface area contributed by atoms with Gasteiger partial charge in [-0.3, -0.25) is 0 Å². The molecular weight excluding hydrogens is 456 g/mol. The highest BCUT2D eigenvalue weighted by Gasteiger charge is 2.41. The van der Waals surface area contributed by atoms with Crippen molar-refractivity contribution in [1.82, 2.24) is 10.6 Å². The van der Waals surface area contributed by atoms with E-state index >= 15 is 0 Å². The van der Waals surface area contributed by atoms with Gasteiger partial charge in [-0.1, -0.05) is 12.1 Å². The maximum absolute atomic E-state index is 12.7. The Morgan fingerprint density at radius 2 is 1.81 bits per heavy atom. The van der Waals surface area contributed by atoms with Gasteiger partial charge in [0.05, 0.1) is 24.1 Å². The van der Waals surface area contributed by atoms with Crippen molar-refractivity contribution in [3.05, 3.63) is 35.4 Å². The van der Waals surface area contributed by atoms with Crippen molar-refractivity contribution in [1.29, 1.82) is 5.26 Å². The SMILES string of the molecule is CCNC(=NCc1ccc(C#N)cc1)NC1CCC(C(F)(F)F)CC1.I. The van der Waals surface area contributed by atoms with Gasteiger partial charge in [0.25, 0.3) is 0 Å². The molecule has 1 aliphatic rings. The number of alkyl halides is 3. The quantitative estimate of drug-likeness (QED) is 0.383. The van der Waals surface area contributed by atoms with E-state index in [9.17, 15) is 13.2 Å². The Kier molecular flexibility index (Phi) is 9.19. The van der Waals surface area contributed by atoms with Gasteiger partial charge in [0, 0.05) is 12.6 Å². The summed E-state index contributed by atoms with van der Waals surface area (Å²) in [5.74, 6) is -0.564. The number of nitrogens with one attached hydrogen (secondary N) is 2. The first-order valence-electron chi connectivity index (χ1n) is 8.53. The highest BCUT2D eigenvalue weighted by atomic mass is 127. The Hall–Kier alpha value is -1.50. The highest BCUT2D eigenvalue weighted by molar-refractivity contribution is 14.0. The molecule has 1 aliphatic carbocycles. The van der Waals surface area contributed by atoms with Crippen LogP contribution < -0.4 is 10.6 Å². The molecular formula is C18H24F3IN4. The van der Waals surface area contributed by atoms with Crippen LogP contribution in [0, 0.1) is 17.2 Å². The molecule has 1 saturated carbocycles. The Labute approximate surface area is 169 Å². The summed E-state index contributed by atoms with van der Waals surface area (Å²) in [6.45, 7) is 3.06. The summed E-state index contributed by atoms with van der Waals surface area (Å²) in [5, 5.41) is 15.2. The first kappa shape index (κ1) is 22.5. The lowest BCUT2D eigenvalue weighted by Crippen LogP contribution is -2.45. The Morgan fingerprint density at radius 3 is 2.31 bits per heavy atom. The second-order valence-electron chi connectivity index (χ2n) is 6.24. The number of benzene rings is 1. The molecule has 0 radical (unpaired) electrons. The highest BCUT2D eigenvalue weighted by Crippen LogP contribution is 2.37. The van der Waals surface area contributed by atoms with Crippen LogP contribution in [-0.2, 0) is 6.54 Å². The van der Waals surface area contributed by atoms with E-state index in [4.69, 9.17) is 5.26 Å². The predicted octanol–water partition coefficient (Wildman–Crippen LogP) is 4.35. The van der Waals surface area contributed by atoms with Gasteiger partial charge in [-0.25, -0.2) is 4.99 Å². The molecule has 0 aliphatic heterocycles. The largest absolute Gasteiger partial charge is 0.391 e. The van der Waals surface area contributed by atoms with Crippen molar-refractivity contribution in [2.45, 2.75) is 51.4 Å². The summed E-state index contributed by atoms with van der Waals surface area (Å²) >= 11 is 0. The third-order valence-corrected chi connectivity index (χ3v) is 4.38. The van der Waals surface area contributed by atoms with E-state index in [2.05, 4.69) is 21.7 Å². The topological polar surface area (TPSA) is 60.2 Å². The average Bonchev–Trinajstić information content (AvgIpc) is 2.60. The molecule has 0 bridgehead atoms. The summed E-state index contributed by atoms with van der Waals surface area (Å²) in [7, 11) is 0. The maximum atomic E-state index is 12.7. The van der Waals surface area contributed by atoms with E-state index in [1.807, 2.05) is 19.1 Å². The molecule has 2 rings (SSSR count). The molecule has 144 valence electrons. The normalized spacial score (nSPS) is 20.7. The van der Waals surface area contributed by atoms with Crippen molar-refractivity contribution >= 4 is 29.9 Å². The Bertz CT molecular complexity index is 615. The summed E-state index contributed by atoms with van der Waals surface area (Å²) in [6, 6.07) is 9.25. The minimum absolute atomic E-state index is 0. The zero-order valence-corrected chi connectivity index (χ0v) is 17.0. The molecule has 2 N–H and O–H groups in total. The number of rotatable bonds is 4. The minimum Gasteiger partial charge on any atom is -0.357 e. The van der Waals surface area contributed by atoms with Crippen molar-refractivity contribution in [3.63, 3.8) is 0 Å². The number of nitrogens with zero attached hydrogens (tertiary/aromatic N) is 2. The van der Waals surface area contributed by atoms with Crippen LogP contribution in [0.5, 0.6) is 0 Å². The first-order valence-corrected chi connectivity index (χ1v) is 8.53. The predicted molar refractivity (Wildman–Crippen MR) is 106 cm³/mol. The summed E-state index contributed by atoms with van der Waals surface area (Å²) in [4.78, 5) is 4.49. The van der Waals surface area contributed by atoms with Crippen LogP contribution >= 0.6 is 24.0 Å². The molecule has 0 spiro atoms. The summed E-state index contributed by atoms with van der Waals surface area (Å²) in [6.07, 6.45) is -2.78. The summed E-state index contributed by atoms with van der Waals surface area (Å²) in [5.41, 5.74) is 1.57. The molecule has 0 heterocycles. The number of guanidine groups is 1. The zero-order chi connectivity index (χ0) is 18.3. The van der Waals surface area contributed by atoms with Crippen LogP contribution in [0.1, 0.15) is 43.7 Å². The van der Waals surface area contributed by atoms with Gasteiger partial charge in [0.1, 0.15) is 0 Å². The molecule has 0 saturated heterocycles. The van der Waals surface area contributed by atoms with Crippen molar-refractivity contribution < 1.29 is 13.2 Å². The van der Waals surface area contributed by atoms with Gasteiger partial charge in [0.15, 0.2) is 5.96 Å². The summed E-state index contributed by atoms with van der Waals surface area (Å²) < 4.78 is 38.2. The third-order valence-electron chi connectivity index (χ3n) is 4.38. The van der Waals surface area contributed by atoms with Gasteiger partial charge in [-0.15, -0.1) is 24.0 Å².